The minimum absolute atomic E-state index is 0.0565. The molecule has 0 atom stereocenters. The first-order valence-corrected chi connectivity index (χ1v) is 9.96. The van der Waals surface area contributed by atoms with Crippen LogP contribution in [0.1, 0.15) is 26.3 Å². The number of carbonyl (C=O) groups excluding carboxylic acids is 1. The average molecular weight is 369 g/mol. The number of urea groups is 1. The maximum atomic E-state index is 12.9. The van der Waals surface area contributed by atoms with E-state index in [0.717, 1.165) is 5.56 Å². The number of sulfonamides is 1. The van der Waals surface area contributed by atoms with Crippen LogP contribution in [0.2, 0.25) is 0 Å². The Kier molecular flexibility index (Phi) is 6.29. The number of ether oxygens (including phenoxy) is 1. The highest BCUT2D eigenvalue weighted by molar-refractivity contribution is 7.89. The molecule has 25 heavy (non-hydrogen) atoms. The van der Waals surface area contributed by atoms with Crippen molar-refractivity contribution in [2.45, 2.75) is 38.1 Å². The molecule has 0 aromatic heterocycles. The molecule has 0 aliphatic carbocycles. The number of benzene rings is 1. The van der Waals surface area contributed by atoms with E-state index < -0.39 is 10.0 Å². The van der Waals surface area contributed by atoms with Crippen LogP contribution in [0, 0.1) is 0 Å². The zero-order valence-corrected chi connectivity index (χ0v) is 16.1. The molecule has 8 heteroatoms. The van der Waals surface area contributed by atoms with Gasteiger partial charge in [-0.25, -0.2) is 13.2 Å². The lowest BCUT2D eigenvalue weighted by Crippen LogP contribution is -2.53. The summed E-state index contributed by atoms with van der Waals surface area (Å²) in [5.74, 6) is 0.691. The lowest BCUT2D eigenvalue weighted by atomic mass is 10.1. The van der Waals surface area contributed by atoms with Crippen LogP contribution in [0.15, 0.2) is 23.1 Å². The highest BCUT2D eigenvalue weighted by Crippen LogP contribution is 2.25. The summed E-state index contributed by atoms with van der Waals surface area (Å²) in [5, 5.41) is 2.83. The van der Waals surface area contributed by atoms with Crippen molar-refractivity contribution in [1.29, 1.82) is 0 Å². The van der Waals surface area contributed by atoms with Crippen molar-refractivity contribution >= 4 is 16.1 Å². The van der Waals surface area contributed by atoms with E-state index in [4.69, 9.17) is 4.74 Å². The standard InChI is InChI=1S/C17H27N3O4S/c1-5-14-12-15(6-7-16(14)24-4)25(22,23)20-10-8-19(9-11-20)17(21)18-13(2)3/h6-7,12-13H,5,8-11H2,1-4H3,(H,18,21). The van der Waals surface area contributed by atoms with Crippen LogP contribution in [-0.4, -0.2) is 63.0 Å². The molecule has 1 aliphatic heterocycles. The third-order valence-electron chi connectivity index (χ3n) is 4.21. The van der Waals surface area contributed by atoms with Crippen LogP contribution in [-0.2, 0) is 16.4 Å². The van der Waals surface area contributed by atoms with Gasteiger partial charge in [0, 0.05) is 32.2 Å². The highest BCUT2D eigenvalue weighted by Gasteiger charge is 2.30. The van der Waals surface area contributed by atoms with Gasteiger partial charge in [-0.3, -0.25) is 0 Å². The molecule has 0 radical (unpaired) electrons. The lowest BCUT2D eigenvalue weighted by molar-refractivity contribution is 0.170. The number of amides is 2. The van der Waals surface area contributed by atoms with Crippen molar-refractivity contribution in [3.63, 3.8) is 0 Å². The summed E-state index contributed by atoms with van der Waals surface area (Å²) in [6, 6.07) is 4.85. The molecule has 1 heterocycles. The molecule has 1 aromatic carbocycles. The minimum atomic E-state index is -3.57. The third kappa shape index (κ3) is 4.43. The van der Waals surface area contributed by atoms with Crippen molar-refractivity contribution in [2.75, 3.05) is 33.3 Å². The minimum Gasteiger partial charge on any atom is -0.496 e. The van der Waals surface area contributed by atoms with Crippen LogP contribution < -0.4 is 10.1 Å². The summed E-state index contributed by atoms with van der Waals surface area (Å²) in [6.45, 7) is 7.10. The van der Waals surface area contributed by atoms with Crippen molar-refractivity contribution in [3.8, 4) is 5.75 Å². The lowest BCUT2D eigenvalue weighted by Gasteiger charge is -2.34. The van der Waals surface area contributed by atoms with Gasteiger partial charge in [-0.2, -0.15) is 4.31 Å². The Hall–Kier alpha value is -1.80. The van der Waals surface area contributed by atoms with Gasteiger partial charge < -0.3 is 15.0 Å². The SMILES string of the molecule is CCc1cc(S(=O)(=O)N2CCN(C(=O)NC(C)C)CC2)ccc1OC. The molecular formula is C17H27N3O4S. The third-order valence-corrected chi connectivity index (χ3v) is 6.10. The van der Waals surface area contributed by atoms with E-state index in [1.165, 1.54) is 4.31 Å². The van der Waals surface area contributed by atoms with E-state index >= 15 is 0 Å². The summed E-state index contributed by atoms with van der Waals surface area (Å²) in [5.41, 5.74) is 0.860. The number of methoxy groups -OCH3 is 1. The van der Waals surface area contributed by atoms with Crippen molar-refractivity contribution in [3.05, 3.63) is 23.8 Å². The molecule has 0 spiro atoms. The molecule has 0 unspecified atom stereocenters. The fourth-order valence-corrected chi connectivity index (χ4v) is 4.28. The normalized spacial score (nSPS) is 16.1. The van der Waals surface area contributed by atoms with Crippen LogP contribution in [0.25, 0.3) is 0 Å². The molecular weight excluding hydrogens is 342 g/mol. The van der Waals surface area contributed by atoms with Gasteiger partial charge in [0.05, 0.1) is 12.0 Å². The molecule has 0 saturated carbocycles. The molecule has 2 rings (SSSR count). The van der Waals surface area contributed by atoms with Gasteiger partial charge in [0.15, 0.2) is 0 Å². The maximum absolute atomic E-state index is 12.9. The monoisotopic (exact) mass is 369 g/mol. The number of piperazine rings is 1. The van der Waals surface area contributed by atoms with E-state index in [0.29, 0.717) is 38.3 Å². The highest BCUT2D eigenvalue weighted by atomic mass is 32.2. The van der Waals surface area contributed by atoms with Crippen molar-refractivity contribution in [1.82, 2.24) is 14.5 Å². The number of rotatable bonds is 5. The zero-order chi connectivity index (χ0) is 18.6. The Morgan fingerprint density at radius 2 is 1.88 bits per heavy atom. The molecule has 1 saturated heterocycles. The second-order valence-electron chi connectivity index (χ2n) is 6.32. The summed E-state index contributed by atoms with van der Waals surface area (Å²) < 4.78 is 32.5. The molecule has 1 N–H and O–H groups in total. The molecule has 7 nitrogen and oxygen atoms in total. The Bertz CT molecular complexity index is 711. The Morgan fingerprint density at radius 3 is 2.40 bits per heavy atom. The van der Waals surface area contributed by atoms with Gasteiger partial charge in [0.25, 0.3) is 0 Å². The van der Waals surface area contributed by atoms with Gasteiger partial charge in [0.2, 0.25) is 10.0 Å². The molecule has 0 bridgehead atoms. The quantitative estimate of drug-likeness (QED) is 0.856. The fourth-order valence-electron chi connectivity index (χ4n) is 2.81. The molecule has 140 valence electrons. The average Bonchev–Trinajstić information content (AvgIpc) is 2.60. The summed E-state index contributed by atoms with van der Waals surface area (Å²) in [4.78, 5) is 13.9. The van der Waals surface area contributed by atoms with Gasteiger partial charge in [-0.1, -0.05) is 6.92 Å². The van der Waals surface area contributed by atoms with Crippen LogP contribution in [0.3, 0.4) is 0 Å². The van der Waals surface area contributed by atoms with E-state index in [2.05, 4.69) is 5.32 Å². The molecule has 1 aromatic rings. The number of carbonyl (C=O) groups is 1. The van der Waals surface area contributed by atoms with E-state index in [-0.39, 0.29) is 17.0 Å². The first-order valence-electron chi connectivity index (χ1n) is 8.52. The number of hydrogen-bond donors (Lipinski definition) is 1. The molecule has 1 fully saturated rings. The van der Waals surface area contributed by atoms with E-state index in [1.807, 2.05) is 20.8 Å². The largest absolute Gasteiger partial charge is 0.496 e. The van der Waals surface area contributed by atoms with Gasteiger partial charge in [-0.05, 0) is 44.0 Å². The molecule has 2 amide bonds. The predicted molar refractivity (Wildman–Crippen MR) is 96.4 cm³/mol. The predicted octanol–water partition coefficient (Wildman–Crippen LogP) is 1.68. The summed E-state index contributed by atoms with van der Waals surface area (Å²) in [6.07, 6.45) is 0.690. The zero-order valence-electron chi connectivity index (χ0n) is 15.3. The Labute approximate surface area is 150 Å². The number of aryl methyl sites for hydroxylation is 1. The first kappa shape index (κ1) is 19.5. The van der Waals surface area contributed by atoms with E-state index in [1.54, 1.807) is 30.2 Å². The van der Waals surface area contributed by atoms with Crippen molar-refractivity contribution in [2.24, 2.45) is 0 Å². The Morgan fingerprint density at radius 1 is 1.24 bits per heavy atom. The van der Waals surface area contributed by atoms with Crippen LogP contribution >= 0.6 is 0 Å². The topological polar surface area (TPSA) is 79.0 Å². The van der Waals surface area contributed by atoms with Crippen molar-refractivity contribution < 1.29 is 17.9 Å². The van der Waals surface area contributed by atoms with E-state index in [9.17, 15) is 13.2 Å². The second kappa shape index (κ2) is 8.05. The number of nitrogens with zero attached hydrogens (tertiary/aromatic N) is 2. The Balaban J connectivity index is 2.10. The van der Waals surface area contributed by atoms with Gasteiger partial charge >= 0.3 is 6.03 Å². The van der Waals surface area contributed by atoms with Gasteiger partial charge in [-0.15, -0.1) is 0 Å². The summed E-state index contributed by atoms with van der Waals surface area (Å²) in [7, 11) is -2.00. The van der Waals surface area contributed by atoms with Gasteiger partial charge in [0.1, 0.15) is 5.75 Å². The first-order chi connectivity index (χ1) is 11.8. The van der Waals surface area contributed by atoms with Crippen LogP contribution in [0.5, 0.6) is 5.75 Å². The number of hydrogen-bond acceptors (Lipinski definition) is 4. The molecule has 1 aliphatic rings. The number of nitrogens with one attached hydrogen (secondary N) is 1. The van der Waals surface area contributed by atoms with Crippen LogP contribution in [0.4, 0.5) is 4.79 Å². The fraction of sp³-hybridized carbons (Fsp3) is 0.588. The maximum Gasteiger partial charge on any atom is 0.317 e. The second-order valence-corrected chi connectivity index (χ2v) is 8.26. The summed E-state index contributed by atoms with van der Waals surface area (Å²) >= 11 is 0. The smallest absolute Gasteiger partial charge is 0.317 e.